The van der Waals surface area contributed by atoms with E-state index in [4.69, 9.17) is 0 Å². The van der Waals surface area contributed by atoms with Gasteiger partial charge in [-0.1, -0.05) is 0 Å². The molecule has 0 aliphatic rings. The molecule has 19 heavy (non-hydrogen) atoms. The maximum Gasteiger partial charge on any atom is 0.108 e. The molecular weight excluding hydrogens is 236 g/mol. The summed E-state index contributed by atoms with van der Waals surface area (Å²) in [5.74, 6) is 1.13. The number of rotatable bonds is 5. The number of aryl methyl sites for hydroxylation is 4. The molecule has 0 aliphatic heterocycles. The Hall–Kier alpha value is -1.68. The van der Waals surface area contributed by atoms with Crippen LogP contribution in [0.3, 0.4) is 0 Å². The molecule has 2 aromatic heterocycles. The van der Waals surface area contributed by atoms with Crippen molar-refractivity contribution in [3.63, 3.8) is 0 Å². The summed E-state index contributed by atoms with van der Waals surface area (Å²) in [6, 6.07) is 4.66. The third kappa shape index (κ3) is 3.41. The number of hydrogen-bond acceptors (Lipinski definition) is 3. The van der Waals surface area contributed by atoms with Gasteiger partial charge in [-0.25, -0.2) is 4.98 Å². The summed E-state index contributed by atoms with van der Waals surface area (Å²) in [6.45, 7) is 4.09. The maximum absolute atomic E-state index is 4.43. The zero-order valence-electron chi connectivity index (χ0n) is 12.1. The Morgan fingerprint density at radius 1 is 1.26 bits per heavy atom. The molecule has 0 saturated carbocycles. The smallest absolute Gasteiger partial charge is 0.108 e. The molecule has 0 amide bonds. The van der Waals surface area contributed by atoms with Crippen molar-refractivity contribution in [1.82, 2.24) is 19.9 Å². The van der Waals surface area contributed by atoms with Crippen molar-refractivity contribution >= 4 is 0 Å². The molecule has 0 saturated heterocycles. The first-order valence-corrected chi connectivity index (χ1v) is 6.69. The normalized spacial score (nSPS) is 12.6. The van der Waals surface area contributed by atoms with Gasteiger partial charge in [-0.05, 0) is 45.0 Å². The first kappa shape index (κ1) is 13.7. The lowest BCUT2D eigenvalue weighted by Crippen LogP contribution is -2.18. The molecular formula is C15H22N4. The van der Waals surface area contributed by atoms with Gasteiger partial charge in [-0.3, -0.25) is 4.98 Å². The molecule has 2 rings (SSSR count). The van der Waals surface area contributed by atoms with Crippen LogP contribution in [0.1, 0.15) is 35.2 Å². The van der Waals surface area contributed by atoms with Crippen molar-refractivity contribution in [2.75, 3.05) is 7.05 Å². The van der Waals surface area contributed by atoms with Crippen molar-refractivity contribution in [1.29, 1.82) is 0 Å². The number of aromatic nitrogens is 3. The minimum atomic E-state index is 0.345. The van der Waals surface area contributed by atoms with Gasteiger partial charge >= 0.3 is 0 Å². The second-order valence-corrected chi connectivity index (χ2v) is 5.02. The van der Waals surface area contributed by atoms with E-state index in [-0.39, 0.29) is 0 Å². The number of hydrogen-bond donors (Lipinski definition) is 1. The van der Waals surface area contributed by atoms with Gasteiger partial charge in [0.05, 0.1) is 0 Å². The lowest BCUT2D eigenvalue weighted by atomic mass is 10.0. The molecule has 0 fully saturated rings. The Morgan fingerprint density at radius 2 is 1.95 bits per heavy atom. The zero-order chi connectivity index (χ0) is 13.8. The summed E-state index contributed by atoms with van der Waals surface area (Å²) in [5, 5.41) is 3.39. The van der Waals surface area contributed by atoms with Crippen LogP contribution in [0, 0.1) is 13.8 Å². The minimum absolute atomic E-state index is 0.345. The Balaban J connectivity index is 2.09. The van der Waals surface area contributed by atoms with E-state index in [0.29, 0.717) is 6.04 Å². The summed E-state index contributed by atoms with van der Waals surface area (Å²) in [6.07, 6.45) is 5.84. The van der Waals surface area contributed by atoms with E-state index in [1.54, 1.807) is 0 Å². The molecule has 1 atom stereocenters. The van der Waals surface area contributed by atoms with Gasteiger partial charge in [0.1, 0.15) is 5.82 Å². The van der Waals surface area contributed by atoms with Crippen LogP contribution in [0.15, 0.2) is 24.5 Å². The van der Waals surface area contributed by atoms with Crippen molar-refractivity contribution < 1.29 is 0 Å². The first-order valence-electron chi connectivity index (χ1n) is 6.69. The van der Waals surface area contributed by atoms with E-state index in [0.717, 1.165) is 30.1 Å². The molecule has 1 unspecified atom stereocenters. The third-order valence-corrected chi connectivity index (χ3v) is 3.43. The maximum atomic E-state index is 4.43. The van der Waals surface area contributed by atoms with Crippen molar-refractivity contribution in [2.24, 2.45) is 7.05 Å². The van der Waals surface area contributed by atoms with Crippen molar-refractivity contribution in [3.8, 4) is 0 Å². The molecule has 0 aliphatic carbocycles. The molecule has 4 nitrogen and oxygen atoms in total. The molecule has 1 N–H and O–H groups in total. The minimum Gasteiger partial charge on any atom is -0.338 e. The van der Waals surface area contributed by atoms with Gasteiger partial charge in [0.15, 0.2) is 0 Å². The molecule has 102 valence electrons. The van der Waals surface area contributed by atoms with Crippen LogP contribution in [0.2, 0.25) is 0 Å². The van der Waals surface area contributed by atoms with E-state index in [1.807, 2.05) is 40.3 Å². The van der Waals surface area contributed by atoms with Gasteiger partial charge in [-0.15, -0.1) is 0 Å². The highest BCUT2D eigenvalue weighted by Crippen LogP contribution is 2.19. The van der Waals surface area contributed by atoms with Gasteiger partial charge in [0.25, 0.3) is 0 Å². The van der Waals surface area contributed by atoms with Gasteiger partial charge in [0, 0.05) is 43.3 Å². The average Bonchev–Trinajstić information content (AvgIpc) is 2.75. The Kier molecular flexibility index (Phi) is 4.32. The highest BCUT2D eigenvalue weighted by atomic mass is 15.0. The van der Waals surface area contributed by atoms with E-state index in [2.05, 4.69) is 32.0 Å². The molecule has 4 heteroatoms. The molecule has 0 radical (unpaired) electrons. The van der Waals surface area contributed by atoms with Crippen LogP contribution in [0.25, 0.3) is 0 Å². The fourth-order valence-electron chi connectivity index (χ4n) is 2.46. The highest BCUT2D eigenvalue weighted by molar-refractivity contribution is 5.23. The topological polar surface area (TPSA) is 42.7 Å². The predicted octanol–water partition coefficient (Wildman–Crippen LogP) is 2.33. The lowest BCUT2D eigenvalue weighted by molar-refractivity contribution is 0.534. The van der Waals surface area contributed by atoms with Crippen molar-refractivity contribution in [2.45, 2.75) is 32.7 Å². The predicted molar refractivity (Wildman–Crippen MR) is 77.0 cm³/mol. The highest BCUT2D eigenvalue weighted by Gasteiger charge is 2.12. The number of pyridine rings is 1. The molecule has 0 bridgehead atoms. The Labute approximate surface area is 114 Å². The van der Waals surface area contributed by atoms with E-state index in [1.165, 1.54) is 5.56 Å². The van der Waals surface area contributed by atoms with Gasteiger partial charge < -0.3 is 9.88 Å². The Morgan fingerprint density at radius 3 is 2.47 bits per heavy atom. The van der Waals surface area contributed by atoms with E-state index in [9.17, 15) is 0 Å². The van der Waals surface area contributed by atoms with E-state index >= 15 is 0 Å². The largest absolute Gasteiger partial charge is 0.338 e. The summed E-state index contributed by atoms with van der Waals surface area (Å²) < 4.78 is 2.08. The zero-order valence-corrected chi connectivity index (χ0v) is 12.1. The molecule has 0 spiro atoms. The first-order chi connectivity index (χ1) is 9.10. The average molecular weight is 258 g/mol. The summed E-state index contributed by atoms with van der Waals surface area (Å²) in [4.78, 5) is 8.80. The third-order valence-electron chi connectivity index (χ3n) is 3.43. The molecule has 0 aromatic carbocycles. The van der Waals surface area contributed by atoms with Crippen LogP contribution < -0.4 is 5.32 Å². The molecule has 2 aromatic rings. The van der Waals surface area contributed by atoms with Crippen LogP contribution in [0.4, 0.5) is 0 Å². The van der Waals surface area contributed by atoms with Crippen LogP contribution in [-0.2, 0) is 13.5 Å². The second-order valence-electron chi connectivity index (χ2n) is 5.02. The molecule has 2 heterocycles. The van der Waals surface area contributed by atoms with Crippen molar-refractivity contribution in [3.05, 3.63) is 47.3 Å². The monoisotopic (exact) mass is 258 g/mol. The summed E-state index contributed by atoms with van der Waals surface area (Å²) >= 11 is 0. The number of nitrogens with zero attached hydrogens (tertiary/aromatic N) is 3. The summed E-state index contributed by atoms with van der Waals surface area (Å²) in [7, 11) is 4.05. The summed E-state index contributed by atoms with van der Waals surface area (Å²) in [5.41, 5.74) is 3.46. The van der Waals surface area contributed by atoms with Gasteiger partial charge in [0.2, 0.25) is 0 Å². The van der Waals surface area contributed by atoms with Crippen LogP contribution in [0.5, 0.6) is 0 Å². The quantitative estimate of drug-likeness (QED) is 0.895. The van der Waals surface area contributed by atoms with E-state index < -0.39 is 0 Å². The fraction of sp³-hybridized carbons (Fsp3) is 0.467. The second kappa shape index (κ2) is 5.97. The number of nitrogens with one attached hydrogen (secondary N) is 1. The van der Waals surface area contributed by atoms with Gasteiger partial charge in [-0.2, -0.15) is 0 Å². The Bertz CT molecular complexity index is 525. The number of imidazole rings is 1. The fourth-order valence-corrected chi connectivity index (χ4v) is 2.46. The van der Waals surface area contributed by atoms with Crippen LogP contribution >= 0.6 is 0 Å². The van der Waals surface area contributed by atoms with Crippen LogP contribution in [-0.4, -0.2) is 21.6 Å². The standard InChI is InChI=1S/C15H22N4/c1-11-9-13(10-12(2)18-11)14(16-3)5-6-15-17-7-8-19(15)4/h7-10,14,16H,5-6H2,1-4H3. The SMILES string of the molecule is CNC(CCc1nccn1C)c1cc(C)nc(C)c1. The lowest BCUT2D eigenvalue weighted by Gasteiger charge is -2.17.